The average Bonchev–Trinajstić information content (AvgIpc) is 1.38. The van der Waals surface area contributed by atoms with E-state index >= 15 is 0 Å². The van der Waals surface area contributed by atoms with E-state index in [4.69, 9.17) is 10.0 Å². The number of hydrogen-bond donors (Lipinski definition) is 2. The summed E-state index contributed by atoms with van der Waals surface area (Å²) >= 11 is 1.20. The third-order valence-electron chi connectivity index (χ3n) is 0.0703. The maximum atomic E-state index is 7.69. The Labute approximate surface area is 40.7 Å². The van der Waals surface area contributed by atoms with Crippen LogP contribution in [0.3, 0.4) is 0 Å². The topological polar surface area (TPSA) is 49.7 Å². The summed E-state index contributed by atoms with van der Waals surface area (Å²) in [5, 5.41) is 15.4. The fourth-order valence-corrected chi connectivity index (χ4v) is 0. The van der Waals surface area contributed by atoms with Crippen LogP contribution < -0.4 is 0 Å². The van der Waals surface area contributed by atoms with E-state index < -0.39 is 7.32 Å². The molecular weight excluding hydrogens is 251 g/mol. The summed E-state index contributed by atoms with van der Waals surface area (Å²) in [4.78, 5) is 0. The Balaban J connectivity index is 2.54. The van der Waals surface area contributed by atoms with Gasteiger partial charge in [0.1, 0.15) is 0 Å². The van der Waals surface area contributed by atoms with Crippen LogP contribution in [-0.4, -0.2) is 17.4 Å². The van der Waals surface area contributed by atoms with Gasteiger partial charge < -0.3 is 0 Å². The fraction of sp³-hybridized carbons (Fsp3) is 0. The molecule has 0 spiro atoms. The third kappa shape index (κ3) is 4.59. The van der Waals surface area contributed by atoms with Gasteiger partial charge in [-0.15, -0.1) is 0 Å². The molecule has 0 aliphatic carbocycles. The van der Waals surface area contributed by atoms with Crippen molar-refractivity contribution in [2.24, 2.45) is 0 Å². The first-order chi connectivity index (χ1) is 2.27. The van der Waals surface area contributed by atoms with Crippen molar-refractivity contribution < 1.29 is 32.7 Å². The van der Waals surface area contributed by atoms with E-state index in [1.807, 2.05) is 0 Å². The molecule has 0 saturated heterocycles. The second-order valence-corrected chi connectivity index (χ2v) is 0.969. The summed E-state index contributed by atoms with van der Waals surface area (Å²) in [7, 11) is -1.62. The summed E-state index contributed by atoms with van der Waals surface area (Å²) in [5.74, 6) is 0. The molecule has 2 N–H and O–H groups in total. The molecule has 0 saturated carbocycles. The molecule has 0 amide bonds. The molecule has 0 unspecified atom stereocenters. The molecule has 5 heteroatoms. The van der Waals surface area contributed by atoms with Crippen molar-refractivity contribution in [1.29, 1.82) is 0 Å². The van der Waals surface area contributed by atoms with E-state index in [1.54, 1.807) is 0 Å². The summed E-state index contributed by atoms with van der Waals surface area (Å²) in [5.41, 5.74) is 0. The molecule has 0 aliphatic rings. The van der Waals surface area contributed by atoms with Gasteiger partial charge in [0.2, 0.25) is 0 Å². The number of rotatable bonds is 1. The minimum absolute atomic E-state index is 1.20. The van der Waals surface area contributed by atoms with Crippen LogP contribution in [0.15, 0.2) is 0 Å². The van der Waals surface area contributed by atoms with Gasteiger partial charge in [-0.25, -0.2) is 0 Å². The van der Waals surface area contributed by atoms with Crippen molar-refractivity contribution in [3.8, 4) is 0 Å². The Morgan fingerprint density at radius 2 is 1.80 bits per heavy atom. The van der Waals surface area contributed by atoms with Crippen molar-refractivity contribution >= 4 is 7.32 Å². The second kappa shape index (κ2) is 2.81. The predicted octanol–water partition coefficient (Wildman–Crippen LogP) is -1.57. The normalized spacial score (nSPS) is 8.00. The van der Waals surface area contributed by atoms with Crippen molar-refractivity contribution in [1.82, 2.24) is 0 Å². The van der Waals surface area contributed by atoms with Crippen molar-refractivity contribution in [2.75, 3.05) is 0 Å². The van der Waals surface area contributed by atoms with E-state index in [2.05, 4.69) is 3.41 Å². The third-order valence-corrected chi connectivity index (χ3v) is 0.575. The fourth-order valence-electron chi connectivity index (χ4n) is 0. The van der Waals surface area contributed by atoms with Crippen LogP contribution in [0.5, 0.6) is 0 Å². The van der Waals surface area contributed by atoms with Gasteiger partial charge in [0.15, 0.2) is 0 Å². The Hall–Kier alpha value is 0.594. The van der Waals surface area contributed by atoms with Crippen LogP contribution in [0.1, 0.15) is 0 Å². The van der Waals surface area contributed by atoms with Crippen LogP contribution in [0, 0.1) is 0 Å². The quantitative estimate of drug-likeness (QED) is 0.555. The molecule has 0 atom stereocenters. The molecule has 3 nitrogen and oxygen atoms in total. The van der Waals surface area contributed by atoms with Gasteiger partial charge in [0, 0.05) is 0 Å². The van der Waals surface area contributed by atoms with Crippen LogP contribution in [0.4, 0.5) is 0 Å². The van der Waals surface area contributed by atoms with E-state index in [9.17, 15) is 0 Å². The molecule has 0 bridgehead atoms. The molecule has 0 rings (SSSR count). The van der Waals surface area contributed by atoms with Gasteiger partial charge in [0.05, 0.1) is 0 Å². The van der Waals surface area contributed by atoms with Gasteiger partial charge in [-0.3, -0.25) is 0 Å². The van der Waals surface area contributed by atoms with Crippen molar-refractivity contribution in [3.05, 3.63) is 0 Å². The molecule has 0 heterocycles. The molecular formula is H2BIrO3. The summed E-state index contributed by atoms with van der Waals surface area (Å²) < 4.78 is 3.86. The Kier molecular flexibility index (Phi) is 3.15. The zero-order valence-corrected chi connectivity index (χ0v) is 4.61. The predicted molar refractivity (Wildman–Crippen MR) is 11.3 cm³/mol. The maximum absolute atomic E-state index is 7.69. The minimum atomic E-state index is -1.62. The molecule has 32 valence electrons. The number of hydrogen-bond acceptors (Lipinski definition) is 3. The molecule has 0 aromatic carbocycles. The molecule has 5 heavy (non-hydrogen) atoms. The first kappa shape index (κ1) is 5.59. The zero-order chi connectivity index (χ0) is 4.28. The van der Waals surface area contributed by atoms with Gasteiger partial charge >= 0.3 is 40.0 Å². The van der Waals surface area contributed by atoms with Crippen LogP contribution in [0.25, 0.3) is 0 Å². The van der Waals surface area contributed by atoms with Crippen LogP contribution in [0.2, 0.25) is 0 Å². The first-order valence-electron chi connectivity index (χ1n) is 0.888. The molecule has 0 fully saturated rings. The van der Waals surface area contributed by atoms with Crippen molar-refractivity contribution in [2.45, 2.75) is 0 Å². The van der Waals surface area contributed by atoms with E-state index in [0.29, 0.717) is 0 Å². The summed E-state index contributed by atoms with van der Waals surface area (Å²) in [6.45, 7) is 0. The zero-order valence-electron chi connectivity index (χ0n) is 2.21. The first-order valence-corrected chi connectivity index (χ1v) is 1.87. The van der Waals surface area contributed by atoms with E-state index in [0.717, 1.165) is 0 Å². The Morgan fingerprint density at radius 1 is 1.60 bits per heavy atom. The monoisotopic (exact) mass is 254 g/mol. The molecule has 0 radical (unpaired) electrons. The second-order valence-electron chi connectivity index (χ2n) is 0.405. The molecule has 0 aromatic heterocycles. The van der Waals surface area contributed by atoms with Crippen LogP contribution >= 0.6 is 0 Å². The van der Waals surface area contributed by atoms with E-state index in [-0.39, 0.29) is 0 Å². The SMILES string of the molecule is OB(O)[O][Ir]. The van der Waals surface area contributed by atoms with Gasteiger partial charge in [-0.1, -0.05) is 0 Å². The Bertz CT molecular complexity index is 20.9. The van der Waals surface area contributed by atoms with E-state index in [1.165, 1.54) is 19.3 Å². The van der Waals surface area contributed by atoms with Crippen LogP contribution in [-0.2, 0) is 22.7 Å². The van der Waals surface area contributed by atoms with Crippen molar-refractivity contribution in [3.63, 3.8) is 0 Å². The molecule has 0 aromatic rings. The summed E-state index contributed by atoms with van der Waals surface area (Å²) in [6, 6.07) is 0. The van der Waals surface area contributed by atoms with Gasteiger partial charge in [0.25, 0.3) is 0 Å². The standard InChI is InChI=1S/BH2O3.Ir/c2-1(3)4;/h2-3H;/q-1;+1. The van der Waals surface area contributed by atoms with Gasteiger partial charge in [-0.05, 0) is 0 Å². The average molecular weight is 253 g/mol. The Morgan fingerprint density at radius 3 is 1.80 bits per heavy atom. The van der Waals surface area contributed by atoms with Gasteiger partial charge in [-0.2, -0.15) is 0 Å². The molecule has 0 aliphatic heterocycles. The summed E-state index contributed by atoms with van der Waals surface area (Å²) in [6.07, 6.45) is 0.